The second-order valence-electron chi connectivity index (χ2n) is 7.15. The lowest BCUT2D eigenvalue weighted by molar-refractivity contribution is -0.157. The van der Waals surface area contributed by atoms with Crippen LogP contribution in [-0.4, -0.2) is 60.3 Å². The fourth-order valence-electron chi connectivity index (χ4n) is 3.22. The predicted molar refractivity (Wildman–Crippen MR) is 80.8 cm³/mol. The van der Waals surface area contributed by atoms with E-state index >= 15 is 0 Å². The lowest BCUT2D eigenvalue weighted by Gasteiger charge is -2.40. The van der Waals surface area contributed by atoms with E-state index in [1.165, 1.54) is 7.11 Å². The molecule has 0 N–H and O–H groups in total. The Kier molecular flexibility index (Phi) is 4.71. The fourth-order valence-corrected chi connectivity index (χ4v) is 3.22. The van der Waals surface area contributed by atoms with Crippen molar-refractivity contribution in [2.24, 2.45) is 5.92 Å². The number of carbonyl (C=O) groups is 3. The second-order valence-corrected chi connectivity index (χ2v) is 7.15. The van der Waals surface area contributed by atoms with Gasteiger partial charge in [0.15, 0.2) is 5.78 Å². The number of piperidine rings is 1. The van der Waals surface area contributed by atoms with Crippen molar-refractivity contribution in [2.75, 3.05) is 20.2 Å². The lowest BCUT2D eigenvalue weighted by Crippen LogP contribution is -2.52. The van der Waals surface area contributed by atoms with Crippen LogP contribution >= 0.6 is 0 Å². The summed E-state index contributed by atoms with van der Waals surface area (Å²) in [4.78, 5) is 38.0. The van der Waals surface area contributed by atoms with Gasteiger partial charge in [-0.3, -0.25) is 9.59 Å². The molecule has 2 heterocycles. The van der Waals surface area contributed by atoms with Crippen LogP contribution in [0.2, 0.25) is 0 Å². The van der Waals surface area contributed by atoms with E-state index < -0.39 is 29.2 Å². The molecule has 130 valence electrons. The Morgan fingerprint density at radius 3 is 2.30 bits per heavy atom. The van der Waals surface area contributed by atoms with Gasteiger partial charge in [0, 0.05) is 13.1 Å². The van der Waals surface area contributed by atoms with Gasteiger partial charge in [0.25, 0.3) is 0 Å². The quantitative estimate of drug-likeness (QED) is 0.536. The van der Waals surface area contributed by atoms with Crippen LogP contribution in [0.1, 0.15) is 40.5 Å². The van der Waals surface area contributed by atoms with Gasteiger partial charge in [0.05, 0.1) is 12.7 Å². The molecule has 2 saturated heterocycles. The summed E-state index contributed by atoms with van der Waals surface area (Å²) in [5.41, 5.74) is -1.43. The molecule has 0 bridgehead atoms. The summed E-state index contributed by atoms with van der Waals surface area (Å²) in [6, 6.07) is 0. The maximum absolute atomic E-state index is 12.3. The van der Waals surface area contributed by atoms with Crippen molar-refractivity contribution in [1.29, 1.82) is 0 Å². The molecule has 0 aromatic heterocycles. The number of esters is 1. The number of hydrogen-bond acceptors (Lipinski definition) is 6. The number of ketones is 1. The van der Waals surface area contributed by atoms with Crippen LogP contribution in [0.25, 0.3) is 0 Å². The fraction of sp³-hybridized carbons (Fsp3) is 0.812. The van der Waals surface area contributed by atoms with Crippen LogP contribution in [0.3, 0.4) is 0 Å². The number of likely N-dealkylation sites (tertiary alicyclic amines) is 1. The van der Waals surface area contributed by atoms with Crippen LogP contribution < -0.4 is 0 Å². The molecule has 2 fully saturated rings. The first kappa shape index (κ1) is 17.7. The van der Waals surface area contributed by atoms with Crippen LogP contribution in [0.5, 0.6) is 0 Å². The summed E-state index contributed by atoms with van der Waals surface area (Å²) >= 11 is 0. The van der Waals surface area contributed by atoms with E-state index in [-0.39, 0.29) is 11.9 Å². The monoisotopic (exact) mass is 327 g/mol. The van der Waals surface area contributed by atoms with Crippen molar-refractivity contribution in [1.82, 2.24) is 4.90 Å². The first-order chi connectivity index (χ1) is 10.6. The number of amides is 1. The van der Waals surface area contributed by atoms with Gasteiger partial charge < -0.3 is 19.1 Å². The van der Waals surface area contributed by atoms with Gasteiger partial charge in [-0.25, -0.2) is 4.79 Å². The highest BCUT2D eigenvalue weighted by atomic mass is 16.6. The number of methoxy groups -OCH3 is 1. The van der Waals surface area contributed by atoms with Crippen molar-refractivity contribution in [3.8, 4) is 0 Å². The largest absolute Gasteiger partial charge is 0.468 e. The lowest BCUT2D eigenvalue weighted by atomic mass is 9.79. The summed E-state index contributed by atoms with van der Waals surface area (Å²) in [6.07, 6.45) is -0.212. The van der Waals surface area contributed by atoms with E-state index in [9.17, 15) is 14.4 Å². The molecule has 23 heavy (non-hydrogen) atoms. The first-order valence-electron chi connectivity index (χ1n) is 7.87. The number of ether oxygens (including phenoxy) is 3. The standard InChI is InChI=1S/C16H25NO6/c1-10-12(18)11(13(19)21-5)16(22-10)6-8-17(9-7-16)14(20)23-15(2,3)4/h10-11H,6-9H2,1-5H3. The third-order valence-electron chi connectivity index (χ3n) is 4.32. The minimum atomic E-state index is -0.914. The summed E-state index contributed by atoms with van der Waals surface area (Å²) in [6.45, 7) is 7.83. The Bertz CT molecular complexity index is 501. The second kappa shape index (κ2) is 6.11. The van der Waals surface area contributed by atoms with Gasteiger partial charge in [0.1, 0.15) is 17.6 Å². The SMILES string of the molecule is COC(=O)C1C(=O)C(C)OC12CCN(C(=O)OC(C)(C)C)CC2. The Balaban J connectivity index is 2.08. The molecule has 2 aliphatic rings. The third kappa shape index (κ3) is 3.49. The maximum atomic E-state index is 12.3. The minimum absolute atomic E-state index is 0.248. The van der Waals surface area contributed by atoms with E-state index in [1.807, 2.05) is 20.8 Å². The number of rotatable bonds is 1. The molecule has 2 aliphatic heterocycles. The average molecular weight is 327 g/mol. The zero-order chi connectivity index (χ0) is 17.4. The average Bonchev–Trinajstić information content (AvgIpc) is 2.68. The molecule has 7 heteroatoms. The summed E-state index contributed by atoms with van der Waals surface area (Å²) < 4.78 is 16.0. The molecule has 1 spiro atoms. The van der Waals surface area contributed by atoms with E-state index in [0.717, 1.165) is 0 Å². The molecule has 0 radical (unpaired) electrons. The maximum Gasteiger partial charge on any atom is 0.410 e. The zero-order valence-electron chi connectivity index (χ0n) is 14.4. The summed E-state index contributed by atoms with van der Waals surface area (Å²) in [7, 11) is 1.27. The van der Waals surface area contributed by atoms with E-state index in [1.54, 1.807) is 11.8 Å². The Morgan fingerprint density at radius 2 is 1.83 bits per heavy atom. The molecule has 0 aliphatic carbocycles. The van der Waals surface area contributed by atoms with E-state index in [2.05, 4.69) is 0 Å². The van der Waals surface area contributed by atoms with Gasteiger partial charge in [-0.1, -0.05) is 0 Å². The van der Waals surface area contributed by atoms with Crippen molar-refractivity contribution in [3.63, 3.8) is 0 Å². The zero-order valence-corrected chi connectivity index (χ0v) is 14.4. The molecule has 0 aromatic rings. The predicted octanol–water partition coefficient (Wildman–Crippen LogP) is 1.53. The van der Waals surface area contributed by atoms with E-state index in [4.69, 9.17) is 14.2 Å². The number of nitrogens with zero attached hydrogens (tertiary/aromatic N) is 1. The molecular weight excluding hydrogens is 302 g/mol. The van der Waals surface area contributed by atoms with Crippen molar-refractivity contribution < 1.29 is 28.6 Å². The topological polar surface area (TPSA) is 82.1 Å². The smallest absolute Gasteiger partial charge is 0.410 e. The summed E-state index contributed by atoms with van der Waals surface area (Å²) in [5.74, 6) is -1.73. The molecule has 2 atom stereocenters. The molecule has 0 saturated carbocycles. The molecule has 0 aromatic carbocycles. The highest BCUT2D eigenvalue weighted by Crippen LogP contribution is 2.42. The van der Waals surface area contributed by atoms with Gasteiger partial charge in [0.2, 0.25) is 0 Å². The van der Waals surface area contributed by atoms with Gasteiger partial charge in [-0.2, -0.15) is 0 Å². The highest BCUT2D eigenvalue weighted by Gasteiger charge is 2.58. The normalized spacial score (nSPS) is 27.2. The molecule has 7 nitrogen and oxygen atoms in total. The van der Waals surface area contributed by atoms with Crippen LogP contribution in [-0.2, 0) is 23.8 Å². The van der Waals surface area contributed by atoms with Crippen LogP contribution in [0.4, 0.5) is 4.79 Å². The Hall–Kier alpha value is -1.63. The molecule has 2 rings (SSSR count). The summed E-state index contributed by atoms with van der Waals surface area (Å²) in [5, 5.41) is 0. The first-order valence-corrected chi connectivity index (χ1v) is 7.87. The van der Waals surface area contributed by atoms with Crippen LogP contribution in [0.15, 0.2) is 0 Å². The van der Waals surface area contributed by atoms with Crippen molar-refractivity contribution >= 4 is 17.8 Å². The van der Waals surface area contributed by atoms with Gasteiger partial charge >= 0.3 is 12.1 Å². The van der Waals surface area contributed by atoms with Crippen molar-refractivity contribution in [3.05, 3.63) is 0 Å². The molecule has 2 unspecified atom stereocenters. The van der Waals surface area contributed by atoms with Crippen molar-refractivity contribution in [2.45, 2.75) is 57.8 Å². The molecule has 1 amide bonds. The van der Waals surface area contributed by atoms with Gasteiger partial charge in [-0.15, -0.1) is 0 Å². The van der Waals surface area contributed by atoms with Gasteiger partial charge in [-0.05, 0) is 40.5 Å². The number of carbonyl (C=O) groups excluding carboxylic acids is 3. The minimum Gasteiger partial charge on any atom is -0.468 e. The number of Topliss-reactive ketones (excluding diaryl/α,β-unsaturated/α-hetero) is 1. The Labute approximate surface area is 136 Å². The van der Waals surface area contributed by atoms with E-state index in [0.29, 0.717) is 25.9 Å². The molecular formula is C16H25NO6. The Morgan fingerprint density at radius 1 is 1.26 bits per heavy atom. The highest BCUT2D eigenvalue weighted by molar-refractivity contribution is 6.04. The van der Waals surface area contributed by atoms with Crippen LogP contribution in [0, 0.1) is 5.92 Å². The third-order valence-corrected chi connectivity index (χ3v) is 4.32. The number of hydrogen-bond donors (Lipinski definition) is 0.